The number of nitrogens with zero attached hydrogens (tertiary/aromatic N) is 2. The highest BCUT2D eigenvalue weighted by atomic mass is 32.2. The van der Waals surface area contributed by atoms with Gasteiger partial charge >= 0.3 is 0 Å². The van der Waals surface area contributed by atoms with E-state index in [1.54, 1.807) is 0 Å². The van der Waals surface area contributed by atoms with Crippen LogP contribution in [0.3, 0.4) is 0 Å². The second-order valence-electron chi connectivity index (χ2n) is 6.95. The van der Waals surface area contributed by atoms with Crippen molar-refractivity contribution < 1.29 is 17.9 Å². The zero-order valence-corrected chi connectivity index (χ0v) is 16.8. The van der Waals surface area contributed by atoms with Gasteiger partial charge in [-0.1, -0.05) is 6.07 Å². The topological polar surface area (TPSA) is 79.0 Å². The summed E-state index contributed by atoms with van der Waals surface area (Å²) in [6.45, 7) is 5.48. The third-order valence-corrected chi connectivity index (χ3v) is 6.31. The van der Waals surface area contributed by atoms with Gasteiger partial charge in [0.15, 0.2) is 0 Å². The molecule has 1 aliphatic rings. The molecule has 1 amide bonds. The van der Waals surface area contributed by atoms with Crippen LogP contribution < -0.4 is 10.1 Å². The maximum atomic E-state index is 12.4. The number of benzene rings is 1. The highest BCUT2D eigenvalue weighted by molar-refractivity contribution is 7.86. The highest BCUT2D eigenvalue weighted by Crippen LogP contribution is 2.20. The molecule has 7 nitrogen and oxygen atoms in total. The Kier molecular flexibility index (Phi) is 7.02. The molecule has 0 aliphatic carbocycles. The van der Waals surface area contributed by atoms with E-state index in [1.165, 1.54) is 22.7 Å². The minimum Gasteiger partial charge on any atom is -0.492 e. The Balaban J connectivity index is 1.80. The van der Waals surface area contributed by atoms with E-state index >= 15 is 0 Å². The van der Waals surface area contributed by atoms with Crippen LogP contribution in [0.1, 0.15) is 24.0 Å². The van der Waals surface area contributed by atoms with Crippen LogP contribution in [-0.4, -0.2) is 63.3 Å². The second kappa shape index (κ2) is 8.83. The predicted octanol–water partition coefficient (Wildman–Crippen LogP) is 1.32. The van der Waals surface area contributed by atoms with E-state index in [2.05, 4.69) is 11.4 Å². The van der Waals surface area contributed by atoms with Crippen LogP contribution in [0.2, 0.25) is 0 Å². The summed E-state index contributed by atoms with van der Waals surface area (Å²) >= 11 is 0. The molecule has 1 saturated heterocycles. The largest absolute Gasteiger partial charge is 0.492 e. The Labute approximate surface area is 156 Å². The Hall–Kier alpha value is -1.64. The van der Waals surface area contributed by atoms with Crippen LogP contribution >= 0.6 is 0 Å². The molecule has 0 aromatic heterocycles. The van der Waals surface area contributed by atoms with Gasteiger partial charge in [0.1, 0.15) is 12.4 Å². The maximum Gasteiger partial charge on any atom is 0.281 e. The molecule has 1 aliphatic heterocycles. The molecule has 0 spiro atoms. The lowest BCUT2D eigenvalue weighted by molar-refractivity contribution is -0.126. The van der Waals surface area contributed by atoms with Crippen molar-refractivity contribution in [1.82, 2.24) is 13.9 Å². The van der Waals surface area contributed by atoms with Gasteiger partial charge < -0.3 is 10.1 Å². The standard InChI is InChI=1S/C18H29N3O4S/c1-14-10-15(2)12-17(11-14)25-9-7-19-18(22)16-6-5-8-21(13-16)26(23,24)20(3)4/h10-12,16H,5-9,13H2,1-4H3,(H,19,22)/t16-/m1/s1. The lowest BCUT2D eigenvalue weighted by Gasteiger charge is -2.32. The molecule has 0 unspecified atom stereocenters. The van der Waals surface area contributed by atoms with Gasteiger partial charge in [0.2, 0.25) is 5.91 Å². The summed E-state index contributed by atoms with van der Waals surface area (Å²) in [6, 6.07) is 5.99. The van der Waals surface area contributed by atoms with Crippen molar-refractivity contribution in [3.8, 4) is 5.75 Å². The van der Waals surface area contributed by atoms with Crippen molar-refractivity contribution >= 4 is 16.1 Å². The summed E-state index contributed by atoms with van der Waals surface area (Å²) in [5.41, 5.74) is 2.27. The Morgan fingerprint density at radius 1 is 1.27 bits per heavy atom. The van der Waals surface area contributed by atoms with Crippen molar-refractivity contribution in [3.63, 3.8) is 0 Å². The fourth-order valence-electron chi connectivity index (χ4n) is 3.10. The Morgan fingerprint density at radius 2 is 1.92 bits per heavy atom. The quantitative estimate of drug-likeness (QED) is 0.720. The molecule has 1 aromatic rings. The first-order valence-electron chi connectivity index (χ1n) is 8.86. The van der Waals surface area contributed by atoms with E-state index in [-0.39, 0.29) is 18.4 Å². The summed E-state index contributed by atoms with van der Waals surface area (Å²) in [7, 11) is -0.467. The molecule has 0 radical (unpaired) electrons. The number of aryl methyl sites for hydroxylation is 2. The summed E-state index contributed by atoms with van der Waals surface area (Å²) in [6.07, 6.45) is 1.38. The van der Waals surface area contributed by atoms with Crippen LogP contribution in [0.5, 0.6) is 5.75 Å². The first-order valence-corrected chi connectivity index (χ1v) is 10.3. The maximum absolute atomic E-state index is 12.4. The summed E-state index contributed by atoms with van der Waals surface area (Å²) in [5.74, 6) is 0.352. The van der Waals surface area contributed by atoms with Crippen molar-refractivity contribution in [2.75, 3.05) is 40.3 Å². The van der Waals surface area contributed by atoms with Crippen LogP contribution in [0.15, 0.2) is 18.2 Å². The average molecular weight is 384 g/mol. The highest BCUT2D eigenvalue weighted by Gasteiger charge is 2.33. The molecule has 1 fully saturated rings. The number of amides is 1. The fourth-order valence-corrected chi connectivity index (χ4v) is 4.29. The minimum absolute atomic E-state index is 0.118. The van der Waals surface area contributed by atoms with Crippen LogP contribution in [0.4, 0.5) is 0 Å². The van der Waals surface area contributed by atoms with Crippen LogP contribution in [0, 0.1) is 19.8 Å². The number of rotatable bonds is 7. The molecule has 146 valence electrons. The molecule has 1 atom stereocenters. The van der Waals surface area contributed by atoms with Gasteiger partial charge in [-0.05, 0) is 49.9 Å². The number of piperidine rings is 1. The molecule has 2 rings (SSSR count). The van der Waals surface area contributed by atoms with E-state index in [0.717, 1.165) is 16.9 Å². The van der Waals surface area contributed by atoms with Crippen molar-refractivity contribution in [3.05, 3.63) is 29.3 Å². The molecule has 8 heteroatoms. The fraction of sp³-hybridized carbons (Fsp3) is 0.611. The molecule has 1 heterocycles. The number of nitrogens with one attached hydrogen (secondary N) is 1. The van der Waals surface area contributed by atoms with Crippen molar-refractivity contribution in [2.45, 2.75) is 26.7 Å². The zero-order valence-electron chi connectivity index (χ0n) is 16.0. The molecule has 0 saturated carbocycles. The smallest absolute Gasteiger partial charge is 0.281 e. The van der Waals surface area contributed by atoms with Crippen LogP contribution in [-0.2, 0) is 15.0 Å². The Bertz CT molecular complexity index is 714. The Morgan fingerprint density at radius 3 is 2.54 bits per heavy atom. The van der Waals surface area contributed by atoms with E-state index < -0.39 is 10.2 Å². The van der Waals surface area contributed by atoms with E-state index in [1.807, 2.05) is 26.0 Å². The number of hydrogen-bond donors (Lipinski definition) is 1. The number of ether oxygens (including phenoxy) is 1. The third kappa shape index (κ3) is 5.43. The second-order valence-corrected chi connectivity index (χ2v) is 9.09. The lowest BCUT2D eigenvalue weighted by atomic mass is 9.99. The average Bonchev–Trinajstić information content (AvgIpc) is 2.57. The molecule has 1 aromatic carbocycles. The first-order chi connectivity index (χ1) is 12.2. The summed E-state index contributed by atoms with van der Waals surface area (Å²) < 4.78 is 32.7. The zero-order chi connectivity index (χ0) is 19.3. The molecular formula is C18H29N3O4S. The number of carbonyl (C=O) groups excluding carboxylic acids is 1. The molecule has 1 N–H and O–H groups in total. The van der Waals surface area contributed by atoms with Gasteiger partial charge in [-0.2, -0.15) is 17.0 Å². The normalized spacial score (nSPS) is 18.7. The predicted molar refractivity (Wildman–Crippen MR) is 101 cm³/mol. The molecular weight excluding hydrogens is 354 g/mol. The van der Waals surface area contributed by atoms with E-state index in [0.29, 0.717) is 32.5 Å². The van der Waals surface area contributed by atoms with Gasteiger partial charge in [-0.25, -0.2) is 0 Å². The number of hydrogen-bond acceptors (Lipinski definition) is 4. The monoisotopic (exact) mass is 383 g/mol. The van der Waals surface area contributed by atoms with Gasteiger partial charge in [0.25, 0.3) is 10.2 Å². The molecule has 0 bridgehead atoms. The minimum atomic E-state index is -3.47. The lowest BCUT2D eigenvalue weighted by Crippen LogP contribution is -2.49. The van der Waals surface area contributed by atoms with Gasteiger partial charge in [0.05, 0.1) is 12.5 Å². The van der Waals surface area contributed by atoms with E-state index in [4.69, 9.17) is 4.74 Å². The van der Waals surface area contributed by atoms with Gasteiger partial charge in [-0.3, -0.25) is 4.79 Å². The third-order valence-electron chi connectivity index (χ3n) is 4.41. The summed E-state index contributed by atoms with van der Waals surface area (Å²) in [5, 5.41) is 2.85. The van der Waals surface area contributed by atoms with Gasteiger partial charge in [0, 0.05) is 27.2 Å². The van der Waals surface area contributed by atoms with Crippen LogP contribution in [0.25, 0.3) is 0 Å². The summed E-state index contributed by atoms with van der Waals surface area (Å²) in [4.78, 5) is 12.4. The molecule has 26 heavy (non-hydrogen) atoms. The van der Waals surface area contributed by atoms with Crippen molar-refractivity contribution in [1.29, 1.82) is 0 Å². The SMILES string of the molecule is Cc1cc(C)cc(OCCNC(=O)[C@@H]2CCCN(S(=O)(=O)N(C)C)C2)c1. The van der Waals surface area contributed by atoms with E-state index in [9.17, 15) is 13.2 Å². The van der Waals surface area contributed by atoms with Gasteiger partial charge in [-0.15, -0.1) is 0 Å². The number of carbonyl (C=O) groups is 1. The first kappa shape index (κ1) is 20.7. The van der Waals surface area contributed by atoms with Crippen molar-refractivity contribution in [2.24, 2.45) is 5.92 Å².